The Morgan fingerprint density at radius 2 is 1.90 bits per heavy atom. The SMILES string of the molecule is COc1cccc(S(=O)(=O)N(Cc2ccco2)C2CCN(Cc3ccncc3)CC2)c1. The van der Waals surface area contributed by atoms with E-state index in [2.05, 4.69) is 9.88 Å². The Bertz CT molecular complexity index is 1060. The quantitative estimate of drug-likeness (QED) is 0.532. The molecule has 1 fully saturated rings. The third-order valence-electron chi connectivity index (χ3n) is 5.66. The fourth-order valence-electron chi connectivity index (χ4n) is 3.98. The van der Waals surface area contributed by atoms with Crippen LogP contribution in [0.25, 0.3) is 0 Å². The highest BCUT2D eigenvalue weighted by atomic mass is 32.2. The van der Waals surface area contributed by atoms with Crippen molar-refractivity contribution in [3.8, 4) is 5.75 Å². The van der Waals surface area contributed by atoms with Gasteiger partial charge in [0.1, 0.15) is 11.5 Å². The molecule has 0 aliphatic carbocycles. The van der Waals surface area contributed by atoms with Crippen LogP contribution in [0.1, 0.15) is 24.2 Å². The second-order valence-corrected chi connectivity index (χ2v) is 9.56. The molecule has 0 amide bonds. The van der Waals surface area contributed by atoms with Crippen LogP contribution in [0.15, 0.2) is 76.5 Å². The van der Waals surface area contributed by atoms with Gasteiger partial charge in [0.2, 0.25) is 10.0 Å². The first-order valence-electron chi connectivity index (χ1n) is 10.4. The number of furan rings is 1. The maximum absolute atomic E-state index is 13.6. The smallest absolute Gasteiger partial charge is 0.243 e. The van der Waals surface area contributed by atoms with Crippen molar-refractivity contribution in [2.75, 3.05) is 20.2 Å². The normalized spacial score (nSPS) is 15.9. The third kappa shape index (κ3) is 5.15. The van der Waals surface area contributed by atoms with Gasteiger partial charge in [-0.2, -0.15) is 4.31 Å². The first-order chi connectivity index (χ1) is 15.1. The van der Waals surface area contributed by atoms with Gasteiger partial charge in [0.25, 0.3) is 0 Å². The molecule has 164 valence electrons. The maximum atomic E-state index is 13.6. The Morgan fingerprint density at radius 3 is 2.58 bits per heavy atom. The van der Waals surface area contributed by atoms with Crippen molar-refractivity contribution in [3.63, 3.8) is 0 Å². The highest BCUT2D eigenvalue weighted by molar-refractivity contribution is 7.89. The van der Waals surface area contributed by atoms with Gasteiger partial charge >= 0.3 is 0 Å². The van der Waals surface area contributed by atoms with Crippen molar-refractivity contribution in [1.29, 1.82) is 0 Å². The standard InChI is InChI=1S/C23H27N3O4S/c1-29-21-4-2-6-23(16-21)31(27,28)26(18-22-5-3-15-30-22)20-9-13-25(14-10-20)17-19-7-11-24-12-8-19/h2-8,11-12,15-16,20H,9-10,13-14,17-18H2,1H3. The molecule has 0 spiro atoms. The lowest BCUT2D eigenvalue weighted by atomic mass is 10.0. The van der Waals surface area contributed by atoms with Crippen LogP contribution >= 0.6 is 0 Å². The second kappa shape index (κ2) is 9.64. The molecule has 1 aliphatic heterocycles. The van der Waals surface area contributed by atoms with E-state index in [-0.39, 0.29) is 17.5 Å². The van der Waals surface area contributed by atoms with Crippen LogP contribution in [-0.2, 0) is 23.1 Å². The van der Waals surface area contributed by atoms with E-state index in [0.29, 0.717) is 11.5 Å². The Morgan fingerprint density at radius 1 is 1.13 bits per heavy atom. The zero-order valence-corrected chi connectivity index (χ0v) is 18.4. The van der Waals surface area contributed by atoms with Crippen LogP contribution in [0.3, 0.4) is 0 Å². The van der Waals surface area contributed by atoms with Gasteiger partial charge in [0, 0.05) is 44.1 Å². The molecule has 1 saturated heterocycles. The van der Waals surface area contributed by atoms with Crippen LogP contribution in [0.2, 0.25) is 0 Å². The first-order valence-corrected chi connectivity index (χ1v) is 11.8. The molecule has 0 radical (unpaired) electrons. The molecule has 3 heterocycles. The maximum Gasteiger partial charge on any atom is 0.243 e. The largest absolute Gasteiger partial charge is 0.497 e. The number of methoxy groups -OCH3 is 1. The van der Waals surface area contributed by atoms with E-state index >= 15 is 0 Å². The molecule has 7 nitrogen and oxygen atoms in total. The summed E-state index contributed by atoms with van der Waals surface area (Å²) in [6.45, 7) is 2.71. The summed E-state index contributed by atoms with van der Waals surface area (Å²) < 4.78 is 39.5. The van der Waals surface area contributed by atoms with E-state index in [1.165, 1.54) is 12.7 Å². The van der Waals surface area contributed by atoms with Gasteiger partial charge in [-0.05, 0) is 54.8 Å². The molecule has 0 atom stereocenters. The van der Waals surface area contributed by atoms with E-state index in [1.54, 1.807) is 53.3 Å². The Balaban J connectivity index is 1.53. The Hall–Kier alpha value is -2.68. The van der Waals surface area contributed by atoms with Crippen LogP contribution in [0, 0.1) is 0 Å². The van der Waals surface area contributed by atoms with Gasteiger partial charge in [-0.3, -0.25) is 9.88 Å². The number of aromatic nitrogens is 1. The number of hydrogen-bond acceptors (Lipinski definition) is 6. The van der Waals surface area contributed by atoms with Crippen molar-refractivity contribution >= 4 is 10.0 Å². The lowest BCUT2D eigenvalue weighted by Crippen LogP contribution is -2.46. The van der Waals surface area contributed by atoms with Crippen molar-refractivity contribution in [1.82, 2.24) is 14.2 Å². The topological polar surface area (TPSA) is 75.9 Å². The van der Waals surface area contributed by atoms with E-state index < -0.39 is 10.0 Å². The molecule has 1 aromatic carbocycles. The molecule has 8 heteroatoms. The minimum Gasteiger partial charge on any atom is -0.497 e. The molecule has 0 unspecified atom stereocenters. The van der Waals surface area contributed by atoms with Gasteiger partial charge < -0.3 is 9.15 Å². The molecule has 4 rings (SSSR count). The summed E-state index contributed by atoms with van der Waals surface area (Å²) in [5.41, 5.74) is 1.21. The predicted molar refractivity (Wildman–Crippen MR) is 117 cm³/mol. The number of hydrogen-bond donors (Lipinski definition) is 0. The summed E-state index contributed by atoms with van der Waals surface area (Å²) >= 11 is 0. The predicted octanol–water partition coefficient (Wildman–Crippen LogP) is 3.54. The molecule has 2 aromatic heterocycles. The van der Waals surface area contributed by atoms with E-state index in [9.17, 15) is 8.42 Å². The molecule has 0 bridgehead atoms. The zero-order chi connectivity index (χ0) is 21.7. The Kier molecular flexibility index (Phi) is 6.70. The number of nitrogens with zero attached hydrogens (tertiary/aromatic N) is 3. The van der Waals surface area contributed by atoms with E-state index in [0.717, 1.165) is 32.5 Å². The zero-order valence-electron chi connectivity index (χ0n) is 17.6. The lowest BCUT2D eigenvalue weighted by molar-refractivity contribution is 0.147. The molecular formula is C23H27N3O4S. The van der Waals surface area contributed by atoms with Crippen LogP contribution in [0.4, 0.5) is 0 Å². The van der Waals surface area contributed by atoms with Crippen molar-refractivity contribution in [3.05, 3.63) is 78.5 Å². The minimum atomic E-state index is -3.72. The minimum absolute atomic E-state index is 0.102. The molecule has 3 aromatic rings. The van der Waals surface area contributed by atoms with E-state index in [4.69, 9.17) is 9.15 Å². The summed E-state index contributed by atoms with van der Waals surface area (Å²) in [6, 6.07) is 14.2. The fraction of sp³-hybridized carbons (Fsp3) is 0.348. The highest BCUT2D eigenvalue weighted by Crippen LogP contribution is 2.28. The number of piperidine rings is 1. The molecular weight excluding hydrogens is 414 g/mol. The van der Waals surface area contributed by atoms with Crippen molar-refractivity contribution in [2.45, 2.75) is 36.9 Å². The molecule has 0 N–H and O–H groups in total. The Labute approximate surface area is 183 Å². The summed E-state index contributed by atoms with van der Waals surface area (Å²) in [5.74, 6) is 1.15. The number of sulfonamides is 1. The monoisotopic (exact) mass is 441 g/mol. The van der Waals surface area contributed by atoms with Gasteiger partial charge in [-0.15, -0.1) is 0 Å². The van der Waals surface area contributed by atoms with Gasteiger partial charge in [-0.1, -0.05) is 6.07 Å². The van der Waals surface area contributed by atoms with Gasteiger partial charge in [0.05, 0.1) is 24.8 Å². The van der Waals surface area contributed by atoms with E-state index in [1.807, 2.05) is 18.2 Å². The van der Waals surface area contributed by atoms with Gasteiger partial charge in [-0.25, -0.2) is 8.42 Å². The first kappa shape index (κ1) is 21.5. The number of ether oxygens (including phenoxy) is 1. The summed E-state index contributed by atoms with van der Waals surface area (Å²) in [5, 5.41) is 0. The van der Waals surface area contributed by atoms with Crippen molar-refractivity contribution in [2.24, 2.45) is 0 Å². The van der Waals surface area contributed by atoms with Crippen LogP contribution in [0.5, 0.6) is 5.75 Å². The summed E-state index contributed by atoms with van der Waals surface area (Å²) in [7, 11) is -2.19. The molecule has 31 heavy (non-hydrogen) atoms. The van der Waals surface area contributed by atoms with Crippen LogP contribution < -0.4 is 4.74 Å². The third-order valence-corrected chi connectivity index (χ3v) is 7.55. The second-order valence-electron chi connectivity index (χ2n) is 7.67. The average molecular weight is 442 g/mol. The van der Waals surface area contributed by atoms with Gasteiger partial charge in [0.15, 0.2) is 0 Å². The number of rotatable bonds is 8. The summed E-state index contributed by atoms with van der Waals surface area (Å²) in [6.07, 6.45) is 6.69. The highest BCUT2D eigenvalue weighted by Gasteiger charge is 2.34. The summed E-state index contributed by atoms with van der Waals surface area (Å²) in [4.78, 5) is 6.66. The average Bonchev–Trinajstić information content (AvgIpc) is 3.32. The number of pyridine rings is 1. The number of benzene rings is 1. The number of likely N-dealkylation sites (tertiary alicyclic amines) is 1. The van der Waals surface area contributed by atoms with Crippen LogP contribution in [-0.4, -0.2) is 48.8 Å². The van der Waals surface area contributed by atoms with Crippen molar-refractivity contribution < 1.29 is 17.6 Å². The molecule has 1 aliphatic rings. The molecule has 0 saturated carbocycles. The fourth-order valence-corrected chi connectivity index (χ4v) is 5.66. The lowest BCUT2D eigenvalue weighted by Gasteiger charge is -2.37.